The number of methoxy groups -OCH3 is 1. The second kappa shape index (κ2) is 10.2. The number of anilines is 1. The maximum absolute atomic E-state index is 12.6. The number of piperidine rings is 1. The highest BCUT2D eigenvalue weighted by atomic mass is 16.6. The summed E-state index contributed by atoms with van der Waals surface area (Å²) in [5, 5.41) is 2.83. The smallest absolute Gasteiger partial charge is 0.409 e. The van der Waals surface area contributed by atoms with E-state index in [0.717, 1.165) is 11.4 Å². The molecule has 0 atom stereocenters. The van der Waals surface area contributed by atoms with E-state index in [2.05, 4.69) is 10.2 Å². The predicted octanol–water partition coefficient (Wildman–Crippen LogP) is 1.08. The number of ether oxygens (including phenoxy) is 2. The Morgan fingerprint density at radius 3 is 2.30 bits per heavy atom. The number of piperazine rings is 1. The molecular formula is C21H30N4O5. The van der Waals surface area contributed by atoms with Crippen molar-refractivity contribution in [3.8, 4) is 5.75 Å². The second-order valence-corrected chi connectivity index (χ2v) is 7.38. The van der Waals surface area contributed by atoms with Crippen molar-refractivity contribution in [3.05, 3.63) is 24.3 Å². The zero-order chi connectivity index (χ0) is 21.5. The average Bonchev–Trinajstić information content (AvgIpc) is 2.79. The molecule has 0 unspecified atom stereocenters. The van der Waals surface area contributed by atoms with Crippen molar-refractivity contribution in [2.24, 2.45) is 0 Å². The van der Waals surface area contributed by atoms with Crippen molar-refractivity contribution < 1.29 is 23.9 Å². The van der Waals surface area contributed by atoms with Gasteiger partial charge in [0.1, 0.15) is 5.75 Å². The molecule has 2 heterocycles. The van der Waals surface area contributed by atoms with E-state index in [1.165, 1.54) is 0 Å². The van der Waals surface area contributed by atoms with Crippen LogP contribution in [0.1, 0.15) is 19.8 Å². The third kappa shape index (κ3) is 5.14. The Bertz CT molecular complexity index is 756. The van der Waals surface area contributed by atoms with Crippen LogP contribution in [-0.2, 0) is 14.3 Å². The fourth-order valence-corrected chi connectivity index (χ4v) is 3.85. The topological polar surface area (TPSA) is 91.4 Å². The van der Waals surface area contributed by atoms with Gasteiger partial charge in [0.25, 0.3) is 0 Å². The van der Waals surface area contributed by atoms with Crippen LogP contribution >= 0.6 is 0 Å². The van der Waals surface area contributed by atoms with E-state index in [4.69, 9.17) is 9.47 Å². The van der Waals surface area contributed by atoms with Gasteiger partial charge in [-0.15, -0.1) is 0 Å². The fourth-order valence-electron chi connectivity index (χ4n) is 3.85. The van der Waals surface area contributed by atoms with E-state index in [9.17, 15) is 14.4 Å². The molecular weight excluding hydrogens is 388 g/mol. The molecule has 9 heteroatoms. The van der Waals surface area contributed by atoms with Crippen LogP contribution in [0.4, 0.5) is 10.5 Å². The van der Waals surface area contributed by atoms with Crippen molar-refractivity contribution >= 4 is 23.6 Å². The summed E-state index contributed by atoms with van der Waals surface area (Å²) in [5.41, 5.74) is 0.991. The summed E-state index contributed by atoms with van der Waals surface area (Å²) in [6, 6.07) is 7.67. The maximum Gasteiger partial charge on any atom is 0.409 e. The van der Waals surface area contributed by atoms with Crippen LogP contribution in [0.15, 0.2) is 24.3 Å². The molecule has 1 aromatic carbocycles. The van der Waals surface area contributed by atoms with E-state index in [0.29, 0.717) is 58.7 Å². The standard InChI is InChI=1S/C21H30N4O5/c1-3-30-21(28)25-10-8-16(9-11-25)22-19(26)20(27)24-14-12-23(13-15-24)17-6-4-5-7-18(17)29-2/h4-7,16H,3,8-15H2,1-2H3,(H,22,26). The number of benzene rings is 1. The van der Waals surface area contributed by atoms with E-state index in [-0.39, 0.29) is 12.1 Å². The summed E-state index contributed by atoms with van der Waals surface area (Å²) in [6.45, 7) is 5.36. The molecule has 0 saturated carbocycles. The summed E-state index contributed by atoms with van der Waals surface area (Å²) in [7, 11) is 1.64. The molecule has 1 N–H and O–H groups in total. The summed E-state index contributed by atoms with van der Waals surface area (Å²) in [6.07, 6.45) is 0.894. The highest BCUT2D eigenvalue weighted by molar-refractivity contribution is 6.35. The Kier molecular flexibility index (Phi) is 7.37. The van der Waals surface area contributed by atoms with Gasteiger partial charge in [-0.25, -0.2) is 4.79 Å². The molecule has 0 aromatic heterocycles. The first kappa shape index (κ1) is 21.7. The predicted molar refractivity (Wildman–Crippen MR) is 112 cm³/mol. The lowest BCUT2D eigenvalue weighted by Crippen LogP contribution is -2.55. The molecule has 30 heavy (non-hydrogen) atoms. The highest BCUT2D eigenvalue weighted by Gasteiger charge is 2.30. The Balaban J connectivity index is 1.45. The molecule has 3 rings (SSSR count). The number of hydrogen-bond acceptors (Lipinski definition) is 6. The average molecular weight is 418 g/mol. The van der Waals surface area contributed by atoms with Crippen LogP contribution in [0.3, 0.4) is 0 Å². The van der Waals surface area contributed by atoms with Crippen LogP contribution in [-0.4, -0.2) is 86.7 Å². The van der Waals surface area contributed by atoms with E-state index >= 15 is 0 Å². The van der Waals surface area contributed by atoms with Crippen molar-refractivity contribution in [1.82, 2.24) is 15.1 Å². The number of amides is 3. The normalized spacial score (nSPS) is 17.5. The Labute approximate surface area is 176 Å². The van der Waals surface area contributed by atoms with Gasteiger partial charge in [-0.1, -0.05) is 12.1 Å². The zero-order valence-corrected chi connectivity index (χ0v) is 17.6. The lowest BCUT2D eigenvalue weighted by Gasteiger charge is -2.36. The number of nitrogens with zero attached hydrogens (tertiary/aromatic N) is 3. The lowest BCUT2D eigenvalue weighted by atomic mass is 10.1. The summed E-state index contributed by atoms with van der Waals surface area (Å²) in [4.78, 5) is 42.2. The van der Waals surface area contributed by atoms with Crippen molar-refractivity contribution in [1.29, 1.82) is 0 Å². The Morgan fingerprint density at radius 2 is 1.67 bits per heavy atom. The van der Waals surface area contributed by atoms with E-state index in [1.807, 2.05) is 24.3 Å². The van der Waals surface area contributed by atoms with Crippen LogP contribution in [0, 0.1) is 0 Å². The molecule has 2 aliphatic heterocycles. The number of likely N-dealkylation sites (tertiary alicyclic amines) is 1. The molecule has 2 aliphatic rings. The number of para-hydroxylation sites is 2. The van der Waals surface area contributed by atoms with Crippen molar-refractivity contribution in [2.75, 3.05) is 57.9 Å². The minimum atomic E-state index is -0.574. The number of nitrogens with one attached hydrogen (secondary N) is 1. The maximum atomic E-state index is 12.6. The van der Waals surface area contributed by atoms with Gasteiger partial charge >= 0.3 is 17.9 Å². The quantitative estimate of drug-likeness (QED) is 0.736. The molecule has 0 aliphatic carbocycles. The van der Waals surface area contributed by atoms with Gasteiger partial charge < -0.3 is 29.5 Å². The number of hydrogen-bond donors (Lipinski definition) is 1. The molecule has 9 nitrogen and oxygen atoms in total. The van der Waals surface area contributed by atoms with Crippen LogP contribution in [0.25, 0.3) is 0 Å². The minimum Gasteiger partial charge on any atom is -0.495 e. The summed E-state index contributed by atoms with van der Waals surface area (Å²) < 4.78 is 10.4. The van der Waals surface area contributed by atoms with Gasteiger partial charge in [0.2, 0.25) is 0 Å². The number of carbonyl (C=O) groups is 3. The number of rotatable bonds is 4. The molecule has 0 radical (unpaired) electrons. The summed E-state index contributed by atoms with van der Waals surface area (Å²) >= 11 is 0. The van der Waals surface area contributed by atoms with Crippen LogP contribution in [0.5, 0.6) is 5.75 Å². The first-order valence-corrected chi connectivity index (χ1v) is 10.4. The number of carbonyl (C=O) groups excluding carboxylic acids is 3. The molecule has 0 bridgehead atoms. The molecule has 3 amide bonds. The molecule has 0 spiro atoms. The van der Waals surface area contributed by atoms with E-state index in [1.54, 1.807) is 23.8 Å². The monoisotopic (exact) mass is 418 g/mol. The molecule has 1 aromatic rings. The fraction of sp³-hybridized carbons (Fsp3) is 0.571. The molecule has 164 valence electrons. The summed E-state index contributed by atoms with van der Waals surface area (Å²) in [5.74, 6) is -0.276. The third-order valence-corrected chi connectivity index (χ3v) is 5.54. The Morgan fingerprint density at radius 1 is 1.00 bits per heavy atom. The van der Waals surface area contributed by atoms with Crippen molar-refractivity contribution in [3.63, 3.8) is 0 Å². The SMILES string of the molecule is CCOC(=O)N1CCC(NC(=O)C(=O)N2CCN(c3ccccc3OC)CC2)CC1. The molecule has 2 saturated heterocycles. The van der Waals surface area contributed by atoms with Crippen LogP contribution in [0.2, 0.25) is 0 Å². The van der Waals surface area contributed by atoms with E-state index < -0.39 is 11.8 Å². The first-order valence-electron chi connectivity index (χ1n) is 10.4. The second-order valence-electron chi connectivity index (χ2n) is 7.38. The van der Waals surface area contributed by atoms with Gasteiger partial charge in [0.15, 0.2) is 0 Å². The van der Waals surface area contributed by atoms with Gasteiger partial charge in [-0.3, -0.25) is 9.59 Å². The largest absolute Gasteiger partial charge is 0.495 e. The lowest BCUT2D eigenvalue weighted by molar-refractivity contribution is -0.146. The highest BCUT2D eigenvalue weighted by Crippen LogP contribution is 2.28. The van der Waals surface area contributed by atoms with Gasteiger partial charge in [-0.2, -0.15) is 0 Å². The molecule has 2 fully saturated rings. The first-order chi connectivity index (χ1) is 14.5. The Hall–Kier alpha value is -2.97. The van der Waals surface area contributed by atoms with Gasteiger partial charge in [0.05, 0.1) is 19.4 Å². The third-order valence-electron chi connectivity index (χ3n) is 5.54. The van der Waals surface area contributed by atoms with Gasteiger partial charge in [-0.05, 0) is 31.9 Å². The van der Waals surface area contributed by atoms with Crippen LogP contribution < -0.4 is 15.0 Å². The van der Waals surface area contributed by atoms with Crippen molar-refractivity contribution in [2.45, 2.75) is 25.8 Å². The minimum absolute atomic E-state index is 0.109. The zero-order valence-electron chi connectivity index (χ0n) is 17.6. The van der Waals surface area contributed by atoms with Gasteiger partial charge in [0, 0.05) is 45.3 Å².